The highest BCUT2D eigenvalue weighted by molar-refractivity contribution is 5.87. The van der Waals surface area contributed by atoms with Gasteiger partial charge in [-0.2, -0.15) is 0 Å². The molecule has 0 unspecified atom stereocenters. The van der Waals surface area contributed by atoms with E-state index < -0.39 is 17.8 Å². The van der Waals surface area contributed by atoms with Crippen LogP contribution >= 0.6 is 0 Å². The quantitative estimate of drug-likeness (QED) is 0.187. The fourth-order valence-corrected chi connectivity index (χ4v) is 2.57. The van der Waals surface area contributed by atoms with Crippen molar-refractivity contribution in [3.05, 3.63) is 66.5 Å². The maximum atomic E-state index is 15.0. The Morgan fingerprint density at radius 2 is 1.41 bits per heavy atom. The summed E-state index contributed by atoms with van der Waals surface area (Å²) >= 11 is 0. The Morgan fingerprint density at radius 3 is 1.94 bits per heavy atom. The molecule has 0 N–H and O–H groups in total. The molecule has 8 nitrogen and oxygen atoms in total. The number of carbonyl (C=O) groups excluding carboxylic acids is 3. The highest BCUT2D eigenvalue weighted by Gasteiger charge is 2.16. The SMILES string of the molecule is C=C(C)C(=O)OCCOc1cc(-c2ccc(OC=O)cc2)cc(F)c1OCCOC(=O)C(=C)C. The number of hydrogen-bond acceptors (Lipinski definition) is 8. The number of halogens is 1. The monoisotopic (exact) mass is 472 g/mol. The fraction of sp³-hybridized carbons (Fsp3) is 0.240. The van der Waals surface area contributed by atoms with Crippen LogP contribution in [0.4, 0.5) is 4.39 Å². The van der Waals surface area contributed by atoms with Gasteiger partial charge in [0.05, 0.1) is 0 Å². The van der Waals surface area contributed by atoms with Crippen LogP contribution in [0.25, 0.3) is 11.1 Å². The van der Waals surface area contributed by atoms with Gasteiger partial charge >= 0.3 is 11.9 Å². The predicted octanol–water partition coefficient (Wildman–Crippen LogP) is 4.02. The predicted molar refractivity (Wildman–Crippen MR) is 121 cm³/mol. The van der Waals surface area contributed by atoms with E-state index in [-0.39, 0.29) is 49.1 Å². The summed E-state index contributed by atoms with van der Waals surface area (Å²) in [6, 6.07) is 9.19. The van der Waals surface area contributed by atoms with E-state index in [2.05, 4.69) is 13.2 Å². The molecule has 0 spiro atoms. The number of hydrogen-bond donors (Lipinski definition) is 0. The molecular weight excluding hydrogens is 447 g/mol. The van der Waals surface area contributed by atoms with Crippen molar-refractivity contribution >= 4 is 18.4 Å². The zero-order valence-electron chi connectivity index (χ0n) is 18.9. The van der Waals surface area contributed by atoms with Crippen LogP contribution in [-0.2, 0) is 23.9 Å². The molecule has 0 aliphatic rings. The number of carbonyl (C=O) groups is 3. The fourth-order valence-electron chi connectivity index (χ4n) is 2.57. The molecule has 0 radical (unpaired) electrons. The first-order valence-corrected chi connectivity index (χ1v) is 10.2. The normalized spacial score (nSPS) is 10.1. The standard InChI is InChI=1S/C25H25FO8/c1-16(2)24(28)32-11-9-30-22-14-19(18-5-7-20(8-6-18)34-15-27)13-21(26)23(22)31-10-12-33-25(29)17(3)4/h5-8,13-15H,1,3,9-12H2,2,4H3. The summed E-state index contributed by atoms with van der Waals surface area (Å²) in [6.45, 7) is 9.87. The maximum absolute atomic E-state index is 15.0. The van der Waals surface area contributed by atoms with Crippen LogP contribution < -0.4 is 14.2 Å². The summed E-state index contributed by atoms with van der Waals surface area (Å²) in [5.41, 5.74) is 1.56. The van der Waals surface area contributed by atoms with Gasteiger partial charge in [0.15, 0.2) is 17.3 Å². The molecule has 9 heteroatoms. The van der Waals surface area contributed by atoms with Crippen molar-refractivity contribution in [1.82, 2.24) is 0 Å². The number of rotatable bonds is 13. The highest BCUT2D eigenvalue weighted by Crippen LogP contribution is 2.36. The third kappa shape index (κ3) is 7.77. The lowest BCUT2D eigenvalue weighted by Crippen LogP contribution is -2.15. The van der Waals surface area contributed by atoms with E-state index in [1.807, 2.05) is 0 Å². The Kier molecular flexibility index (Phi) is 9.82. The summed E-state index contributed by atoms with van der Waals surface area (Å²) in [4.78, 5) is 33.5. The Labute approximate surface area is 196 Å². The lowest BCUT2D eigenvalue weighted by atomic mass is 10.0. The molecule has 0 saturated carbocycles. The molecule has 180 valence electrons. The Bertz CT molecular complexity index is 1060. The van der Waals surface area contributed by atoms with Crippen molar-refractivity contribution in [2.24, 2.45) is 0 Å². The van der Waals surface area contributed by atoms with E-state index in [0.717, 1.165) is 0 Å². The summed E-state index contributed by atoms with van der Waals surface area (Å²) in [6.07, 6.45) is 0. The van der Waals surface area contributed by atoms with Crippen LogP contribution in [0.2, 0.25) is 0 Å². The van der Waals surface area contributed by atoms with Crippen LogP contribution in [0.5, 0.6) is 17.2 Å². The zero-order valence-corrected chi connectivity index (χ0v) is 18.9. The number of esters is 2. The first kappa shape index (κ1) is 26.1. The van der Waals surface area contributed by atoms with Crippen molar-refractivity contribution in [3.8, 4) is 28.4 Å². The van der Waals surface area contributed by atoms with Crippen molar-refractivity contribution < 1.29 is 42.5 Å². The van der Waals surface area contributed by atoms with Gasteiger partial charge in [-0.15, -0.1) is 0 Å². The van der Waals surface area contributed by atoms with Crippen molar-refractivity contribution in [3.63, 3.8) is 0 Å². The van der Waals surface area contributed by atoms with Crippen LogP contribution in [0, 0.1) is 5.82 Å². The lowest BCUT2D eigenvalue weighted by Gasteiger charge is -2.16. The Hall–Kier alpha value is -4.14. The molecule has 0 fully saturated rings. The topological polar surface area (TPSA) is 97.4 Å². The molecule has 34 heavy (non-hydrogen) atoms. The van der Waals surface area contributed by atoms with Gasteiger partial charge in [0.2, 0.25) is 0 Å². The van der Waals surface area contributed by atoms with Gasteiger partial charge in [0, 0.05) is 11.1 Å². The van der Waals surface area contributed by atoms with Crippen LogP contribution in [0.1, 0.15) is 13.8 Å². The Morgan fingerprint density at radius 1 is 0.853 bits per heavy atom. The second kappa shape index (κ2) is 12.8. The summed E-state index contributed by atoms with van der Waals surface area (Å²) in [7, 11) is 0. The van der Waals surface area contributed by atoms with Crippen molar-refractivity contribution in [2.45, 2.75) is 13.8 Å². The van der Waals surface area contributed by atoms with E-state index in [4.69, 9.17) is 23.7 Å². The van der Waals surface area contributed by atoms with Gasteiger partial charge in [-0.05, 0) is 49.2 Å². The van der Waals surface area contributed by atoms with E-state index >= 15 is 0 Å². The second-order valence-corrected chi connectivity index (χ2v) is 7.05. The third-order valence-corrected chi connectivity index (χ3v) is 4.22. The van der Waals surface area contributed by atoms with Crippen molar-refractivity contribution in [2.75, 3.05) is 26.4 Å². The van der Waals surface area contributed by atoms with Crippen LogP contribution in [0.3, 0.4) is 0 Å². The summed E-state index contributed by atoms with van der Waals surface area (Å²) in [5.74, 6) is -1.68. The molecule has 2 aromatic rings. The van der Waals surface area contributed by atoms with E-state index in [9.17, 15) is 18.8 Å². The summed E-state index contributed by atoms with van der Waals surface area (Å²) < 4.78 is 40.7. The minimum absolute atomic E-state index is 0.0563. The van der Waals surface area contributed by atoms with E-state index in [1.54, 1.807) is 30.3 Å². The van der Waals surface area contributed by atoms with E-state index in [0.29, 0.717) is 23.3 Å². The first-order valence-electron chi connectivity index (χ1n) is 10.2. The van der Waals surface area contributed by atoms with Gasteiger partial charge in [0.1, 0.15) is 32.2 Å². The van der Waals surface area contributed by atoms with Gasteiger partial charge in [-0.1, -0.05) is 25.3 Å². The molecular formula is C25H25FO8. The number of ether oxygens (including phenoxy) is 5. The smallest absolute Gasteiger partial charge is 0.333 e. The minimum atomic E-state index is -0.717. The van der Waals surface area contributed by atoms with Gasteiger partial charge in [-0.25, -0.2) is 14.0 Å². The van der Waals surface area contributed by atoms with Crippen LogP contribution in [0.15, 0.2) is 60.7 Å². The molecule has 2 rings (SSSR count). The summed E-state index contributed by atoms with van der Waals surface area (Å²) in [5, 5.41) is 0. The molecule has 0 aliphatic heterocycles. The van der Waals surface area contributed by atoms with Crippen LogP contribution in [-0.4, -0.2) is 44.8 Å². The lowest BCUT2D eigenvalue weighted by molar-refractivity contribution is -0.140. The van der Waals surface area contributed by atoms with Gasteiger partial charge < -0.3 is 23.7 Å². The zero-order chi connectivity index (χ0) is 25.1. The molecule has 2 aromatic carbocycles. The van der Waals surface area contributed by atoms with Crippen molar-refractivity contribution in [1.29, 1.82) is 0 Å². The van der Waals surface area contributed by atoms with E-state index in [1.165, 1.54) is 19.9 Å². The molecule has 0 saturated heterocycles. The average molecular weight is 472 g/mol. The number of benzene rings is 2. The first-order chi connectivity index (χ1) is 16.2. The average Bonchev–Trinajstić information content (AvgIpc) is 2.80. The van der Waals surface area contributed by atoms with Gasteiger partial charge in [-0.3, -0.25) is 4.79 Å². The molecule has 0 aromatic heterocycles. The largest absolute Gasteiger partial charge is 0.486 e. The molecule has 0 atom stereocenters. The highest BCUT2D eigenvalue weighted by atomic mass is 19.1. The molecule has 0 aliphatic carbocycles. The minimum Gasteiger partial charge on any atom is -0.486 e. The molecule has 0 amide bonds. The Balaban J connectivity index is 2.19. The van der Waals surface area contributed by atoms with Gasteiger partial charge in [0.25, 0.3) is 6.47 Å². The molecule has 0 heterocycles. The maximum Gasteiger partial charge on any atom is 0.333 e. The molecule has 0 bridgehead atoms. The third-order valence-electron chi connectivity index (χ3n) is 4.22. The second-order valence-electron chi connectivity index (χ2n) is 7.05.